The number of hydrogen-bond acceptors (Lipinski definition) is 7. The lowest BCUT2D eigenvalue weighted by Crippen LogP contribution is -2.31. The highest BCUT2D eigenvalue weighted by Gasteiger charge is 2.36. The van der Waals surface area contributed by atoms with E-state index in [0.717, 1.165) is 20.3 Å². The summed E-state index contributed by atoms with van der Waals surface area (Å²) in [4.78, 5) is 27.7. The van der Waals surface area contributed by atoms with Gasteiger partial charge in [0, 0.05) is 18.7 Å². The van der Waals surface area contributed by atoms with Crippen molar-refractivity contribution in [1.82, 2.24) is 0 Å². The van der Waals surface area contributed by atoms with Gasteiger partial charge in [-0.2, -0.15) is 4.89 Å². The Labute approximate surface area is 121 Å². The second kappa shape index (κ2) is 7.53. The van der Waals surface area contributed by atoms with Crippen molar-refractivity contribution in [3.8, 4) is 0 Å². The maximum absolute atomic E-state index is 11.7. The van der Waals surface area contributed by atoms with Crippen LogP contribution >= 0.6 is 0 Å². The van der Waals surface area contributed by atoms with Gasteiger partial charge in [-0.1, -0.05) is 30.3 Å². The van der Waals surface area contributed by atoms with Gasteiger partial charge in [-0.05, 0) is 0 Å². The summed E-state index contributed by atoms with van der Waals surface area (Å²) in [6.07, 6.45) is 0.986. The first kappa shape index (κ1) is 16.8. The number of ether oxygens (including phenoxy) is 3. The molecule has 1 N–H and O–H groups in total. The van der Waals surface area contributed by atoms with E-state index in [4.69, 9.17) is 4.74 Å². The summed E-state index contributed by atoms with van der Waals surface area (Å²) >= 11 is 0. The number of methoxy groups -OCH3 is 3. The zero-order valence-electron chi connectivity index (χ0n) is 11.9. The third-order valence-corrected chi connectivity index (χ3v) is 2.76. The first-order chi connectivity index (χ1) is 10.0. The van der Waals surface area contributed by atoms with E-state index >= 15 is 0 Å². The smallest absolute Gasteiger partial charge is 0.345 e. The van der Waals surface area contributed by atoms with E-state index in [1.165, 1.54) is 7.11 Å². The molecular formula is C14H16O7. The molecule has 1 rings (SSSR count). The largest absolute Gasteiger partial charge is 0.465 e. The van der Waals surface area contributed by atoms with E-state index in [1.54, 1.807) is 30.3 Å². The fraction of sp³-hybridized carbons (Fsp3) is 0.286. The Morgan fingerprint density at radius 1 is 1.05 bits per heavy atom. The molecule has 1 aromatic carbocycles. The van der Waals surface area contributed by atoms with Crippen LogP contribution in [0.1, 0.15) is 5.56 Å². The predicted molar refractivity (Wildman–Crippen MR) is 71.0 cm³/mol. The van der Waals surface area contributed by atoms with Crippen LogP contribution in [0, 0.1) is 0 Å². The van der Waals surface area contributed by atoms with Crippen molar-refractivity contribution in [3.05, 3.63) is 47.5 Å². The molecule has 1 aromatic rings. The Morgan fingerprint density at radius 2 is 1.57 bits per heavy atom. The lowest BCUT2D eigenvalue weighted by atomic mass is 10.0. The molecule has 0 aliphatic heterocycles. The van der Waals surface area contributed by atoms with Gasteiger partial charge in [-0.15, -0.1) is 0 Å². The summed E-state index contributed by atoms with van der Waals surface area (Å²) in [5.41, 5.74) is -0.111. The molecule has 0 heterocycles. The van der Waals surface area contributed by atoms with Gasteiger partial charge < -0.3 is 14.2 Å². The number of rotatable bonds is 6. The average Bonchev–Trinajstić information content (AvgIpc) is 2.56. The SMILES string of the molecule is COC(=O)C(=CC(OC)(OO)c1ccccc1)C(=O)OC. The molecule has 21 heavy (non-hydrogen) atoms. The molecule has 7 nitrogen and oxygen atoms in total. The molecule has 7 heteroatoms. The molecule has 0 amide bonds. The lowest BCUT2D eigenvalue weighted by molar-refractivity contribution is -0.387. The van der Waals surface area contributed by atoms with Crippen molar-refractivity contribution in [1.29, 1.82) is 0 Å². The average molecular weight is 296 g/mol. The first-order valence-corrected chi connectivity index (χ1v) is 5.87. The van der Waals surface area contributed by atoms with Crippen LogP contribution in [0.5, 0.6) is 0 Å². The minimum atomic E-state index is -1.85. The monoisotopic (exact) mass is 296 g/mol. The summed E-state index contributed by atoms with van der Waals surface area (Å²) in [7, 11) is 3.46. The van der Waals surface area contributed by atoms with Crippen molar-refractivity contribution >= 4 is 11.9 Å². The molecule has 0 saturated carbocycles. The quantitative estimate of drug-likeness (QED) is 0.161. The molecule has 0 aromatic heterocycles. The zero-order valence-corrected chi connectivity index (χ0v) is 11.9. The summed E-state index contributed by atoms with van der Waals surface area (Å²) in [5, 5.41) is 9.21. The molecule has 0 radical (unpaired) electrons. The molecule has 114 valence electrons. The standard InChI is InChI=1S/C14H16O7/c1-18-12(15)11(13(16)19-2)9-14(20-3,21-17)10-7-5-4-6-8-10/h4-9,17H,1-3H3. The van der Waals surface area contributed by atoms with Gasteiger partial charge >= 0.3 is 11.9 Å². The summed E-state index contributed by atoms with van der Waals surface area (Å²) in [6, 6.07) is 8.26. The van der Waals surface area contributed by atoms with Gasteiger partial charge in [-0.3, -0.25) is 0 Å². The molecule has 1 atom stereocenters. The van der Waals surface area contributed by atoms with Gasteiger partial charge in [0.1, 0.15) is 5.57 Å². The van der Waals surface area contributed by atoms with Crippen LogP contribution < -0.4 is 0 Å². The molecule has 0 bridgehead atoms. The van der Waals surface area contributed by atoms with Gasteiger partial charge in [0.2, 0.25) is 5.79 Å². The van der Waals surface area contributed by atoms with Crippen molar-refractivity contribution in [2.75, 3.05) is 21.3 Å². The highest BCUT2D eigenvalue weighted by atomic mass is 17.1. The minimum Gasteiger partial charge on any atom is -0.465 e. The molecular weight excluding hydrogens is 280 g/mol. The van der Waals surface area contributed by atoms with Crippen LogP contribution in [-0.2, 0) is 34.5 Å². The van der Waals surface area contributed by atoms with E-state index in [1.807, 2.05) is 0 Å². The number of benzene rings is 1. The number of carbonyl (C=O) groups excluding carboxylic acids is 2. The maximum Gasteiger partial charge on any atom is 0.345 e. The summed E-state index contributed by atoms with van der Waals surface area (Å²) < 4.78 is 14.1. The van der Waals surface area contributed by atoms with Gasteiger partial charge in [-0.25, -0.2) is 14.8 Å². The van der Waals surface area contributed by atoms with E-state index in [-0.39, 0.29) is 0 Å². The highest BCUT2D eigenvalue weighted by molar-refractivity contribution is 6.14. The molecule has 1 unspecified atom stereocenters. The second-order valence-electron chi connectivity index (χ2n) is 3.87. The van der Waals surface area contributed by atoms with Gasteiger partial charge in [0.15, 0.2) is 0 Å². The fourth-order valence-corrected chi connectivity index (χ4v) is 1.66. The molecule has 0 aliphatic carbocycles. The van der Waals surface area contributed by atoms with Crippen LogP contribution in [0.3, 0.4) is 0 Å². The zero-order chi connectivity index (χ0) is 15.9. The van der Waals surface area contributed by atoms with Crippen LogP contribution in [0.4, 0.5) is 0 Å². The van der Waals surface area contributed by atoms with E-state index < -0.39 is 23.3 Å². The van der Waals surface area contributed by atoms with Gasteiger partial charge in [0.25, 0.3) is 0 Å². The maximum atomic E-state index is 11.7. The van der Waals surface area contributed by atoms with Crippen LogP contribution in [0.2, 0.25) is 0 Å². The molecule has 0 fully saturated rings. The molecule has 0 spiro atoms. The minimum absolute atomic E-state index is 0.361. The number of carbonyl (C=O) groups is 2. The second-order valence-corrected chi connectivity index (χ2v) is 3.87. The Kier molecular flexibility index (Phi) is 6.04. The molecule has 0 aliphatic rings. The fourth-order valence-electron chi connectivity index (χ4n) is 1.66. The van der Waals surface area contributed by atoms with E-state index in [9.17, 15) is 14.8 Å². The summed E-state index contributed by atoms with van der Waals surface area (Å²) in [5.74, 6) is -3.74. The normalized spacial score (nSPS) is 13.0. The number of esters is 2. The van der Waals surface area contributed by atoms with Crippen molar-refractivity contribution in [2.45, 2.75) is 5.79 Å². The Balaban J connectivity index is 3.41. The Hall–Kier alpha value is -2.22. The molecule has 0 saturated heterocycles. The van der Waals surface area contributed by atoms with Crippen molar-refractivity contribution in [2.24, 2.45) is 0 Å². The van der Waals surface area contributed by atoms with E-state index in [0.29, 0.717) is 5.56 Å². The van der Waals surface area contributed by atoms with Crippen molar-refractivity contribution < 1.29 is 33.9 Å². The topological polar surface area (TPSA) is 91.3 Å². The van der Waals surface area contributed by atoms with Crippen LogP contribution in [0.25, 0.3) is 0 Å². The van der Waals surface area contributed by atoms with Crippen molar-refractivity contribution in [3.63, 3.8) is 0 Å². The van der Waals surface area contributed by atoms with E-state index in [2.05, 4.69) is 14.4 Å². The Bertz CT molecular complexity index is 499. The van der Waals surface area contributed by atoms with Crippen LogP contribution in [-0.4, -0.2) is 38.5 Å². The van der Waals surface area contributed by atoms with Crippen LogP contribution in [0.15, 0.2) is 42.0 Å². The summed E-state index contributed by atoms with van der Waals surface area (Å²) in [6.45, 7) is 0. The first-order valence-electron chi connectivity index (χ1n) is 5.87. The third kappa shape index (κ3) is 3.66. The Morgan fingerprint density at radius 3 is 1.95 bits per heavy atom. The highest BCUT2D eigenvalue weighted by Crippen LogP contribution is 2.29. The van der Waals surface area contributed by atoms with Gasteiger partial charge in [0.05, 0.1) is 14.2 Å². The number of hydrogen-bond donors (Lipinski definition) is 1. The predicted octanol–water partition coefficient (Wildman–Crippen LogP) is 1.25. The third-order valence-electron chi connectivity index (χ3n) is 2.76. The lowest BCUT2D eigenvalue weighted by Gasteiger charge is -2.26.